The maximum Gasteiger partial charge on any atom is 0.150 e. The molecule has 2 heterocycles. The van der Waals surface area contributed by atoms with E-state index in [-0.39, 0.29) is 0 Å². The molecule has 7 heteroatoms. The molecule has 0 aliphatic carbocycles. The third kappa shape index (κ3) is 7.19. The molecule has 0 atom stereocenters. The summed E-state index contributed by atoms with van der Waals surface area (Å²) in [4.78, 5) is 12.5. The fourth-order valence-corrected chi connectivity index (χ4v) is 2.42. The lowest BCUT2D eigenvalue weighted by molar-refractivity contribution is 0.303. The summed E-state index contributed by atoms with van der Waals surface area (Å²) in [6.07, 6.45) is 8.14. The van der Waals surface area contributed by atoms with E-state index in [4.69, 9.17) is 10.5 Å². The van der Waals surface area contributed by atoms with E-state index < -0.39 is 0 Å². The zero-order valence-electron chi connectivity index (χ0n) is 16.5. The molecule has 148 valence electrons. The van der Waals surface area contributed by atoms with E-state index in [2.05, 4.69) is 20.1 Å². The monoisotopic (exact) mass is 380 g/mol. The van der Waals surface area contributed by atoms with Gasteiger partial charge in [-0.3, -0.25) is 9.67 Å². The number of benzene rings is 1. The van der Waals surface area contributed by atoms with Gasteiger partial charge in [-0.2, -0.15) is 5.10 Å². The topological polar surface area (TPSA) is 91.2 Å². The predicted octanol–water partition coefficient (Wildman–Crippen LogP) is 3.99. The number of amidine groups is 1. The maximum atomic E-state index is 5.97. The normalized spacial score (nSPS) is 10.9. The van der Waals surface area contributed by atoms with Crippen molar-refractivity contribution >= 4 is 11.5 Å². The van der Waals surface area contributed by atoms with Crippen LogP contribution < -0.4 is 10.5 Å². The van der Waals surface area contributed by atoms with Gasteiger partial charge in [0.25, 0.3) is 0 Å². The quantitative estimate of drug-likeness (QED) is 0.344. The lowest BCUT2D eigenvalue weighted by Crippen LogP contribution is -2.14. The molecule has 3 aromatic rings. The lowest BCUT2D eigenvalue weighted by atomic mass is 10.2. The number of hydrogen-bond acceptors (Lipinski definition) is 5. The van der Waals surface area contributed by atoms with Crippen LogP contribution in [0.3, 0.4) is 0 Å². The van der Waals surface area contributed by atoms with Gasteiger partial charge in [-0.15, -0.1) is 0 Å². The van der Waals surface area contributed by atoms with Crippen LogP contribution in [0.1, 0.15) is 38.8 Å². The van der Waals surface area contributed by atoms with Crippen molar-refractivity contribution in [1.82, 2.24) is 19.7 Å². The molecule has 0 aliphatic heterocycles. The van der Waals surface area contributed by atoms with E-state index in [1.807, 2.05) is 61.0 Å². The van der Waals surface area contributed by atoms with E-state index in [0.29, 0.717) is 18.1 Å². The van der Waals surface area contributed by atoms with Crippen molar-refractivity contribution in [2.75, 3.05) is 6.61 Å². The number of aryl methyl sites for hydroxylation is 1. The Labute approximate surface area is 166 Å². The van der Waals surface area contributed by atoms with E-state index in [9.17, 15) is 0 Å². The molecule has 0 radical (unpaired) electrons. The van der Waals surface area contributed by atoms with E-state index in [1.165, 1.54) is 0 Å². The van der Waals surface area contributed by atoms with Gasteiger partial charge in [0.1, 0.15) is 29.9 Å². The number of rotatable bonds is 9. The molecular formula is C21H28N6O. The van der Waals surface area contributed by atoms with Crippen LogP contribution in [0, 0.1) is 0 Å². The van der Waals surface area contributed by atoms with Crippen molar-refractivity contribution in [3.05, 3.63) is 67.0 Å². The third-order valence-electron chi connectivity index (χ3n) is 3.78. The van der Waals surface area contributed by atoms with Crippen molar-refractivity contribution < 1.29 is 4.74 Å². The van der Waals surface area contributed by atoms with E-state index in [0.717, 1.165) is 37.2 Å². The van der Waals surface area contributed by atoms with Crippen molar-refractivity contribution in [1.29, 1.82) is 0 Å². The number of aromatic nitrogens is 4. The highest BCUT2D eigenvalue weighted by Gasteiger charge is 2.00. The summed E-state index contributed by atoms with van der Waals surface area (Å²) in [5.74, 6) is 1.23. The Hall–Kier alpha value is -3.22. The van der Waals surface area contributed by atoms with Gasteiger partial charge in [0.2, 0.25) is 0 Å². The van der Waals surface area contributed by atoms with Gasteiger partial charge < -0.3 is 10.5 Å². The standard InChI is InChI=1S/C19H22N6O.C2H6/c20-19(18-6-2-3-11-22-18)24-16-7-9-17(10-8-16)26-13-5-1-4-12-25-15-21-14-23-25;1-2/h2-3,6-11,14-15H,1,4-5,12-13H2,(H2,20,24);1-2H3. The van der Waals surface area contributed by atoms with Crippen LogP contribution in [0.2, 0.25) is 0 Å². The van der Waals surface area contributed by atoms with E-state index >= 15 is 0 Å². The fraction of sp³-hybridized carbons (Fsp3) is 0.333. The molecule has 0 saturated carbocycles. The van der Waals surface area contributed by atoms with Crippen LogP contribution in [-0.2, 0) is 6.54 Å². The Morgan fingerprint density at radius 2 is 1.89 bits per heavy atom. The Balaban J connectivity index is 0.00000136. The van der Waals surface area contributed by atoms with Crippen molar-refractivity contribution in [3.8, 4) is 5.75 Å². The molecular weight excluding hydrogens is 352 g/mol. The van der Waals surface area contributed by atoms with Gasteiger partial charge in [0.05, 0.1) is 12.3 Å². The van der Waals surface area contributed by atoms with Crippen LogP contribution >= 0.6 is 0 Å². The van der Waals surface area contributed by atoms with Gasteiger partial charge >= 0.3 is 0 Å². The van der Waals surface area contributed by atoms with Crippen LogP contribution in [0.4, 0.5) is 5.69 Å². The lowest BCUT2D eigenvalue weighted by Gasteiger charge is -2.07. The molecule has 2 N–H and O–H groups in total. The van der Waals surface area contributed by atoms with Crippen molar-refractivity contribution in [2.45, 2.75) is 39.7 Å². The zero-order chi connectivity index (χ0) is 20.0. The molecule has 7 nitrogen and oxygen atoms in total. The summed E-state index contributed by atoms with van der Waals surface area (Å²) in [5, 5.41) is 4.08. The molecule has 2 aromatic heterocycles. The summed E-state index contributed by atoms with van der Waals surface area (Å²) in [6, 6.07) is 13.1. The first-order valence-electron chi connectivity index (χ1n) is 9.62. The second kappa shape index (κ2) is 12.2. The minimum Gasteiger partial charge on any atom is -0.494 e. The van der Waals surface area contributed by atoms with E-state index in [1.54, 1.807) is 18.9 Å². The van der Waals surface area contributed by atoms with Gasteiger partial charge in [-0.25, -0.2) is 9.98 Å². The number of nitrogens with zero attached hydrogens (tertiary/aromatic N) is 5. The number of ether oxygens (including phenoxy) is 1. The highest BCUT2D eigenvalue weighted by atomic mass is 16.5. The van der Waals surface area contributed by atoms with Crippen molar-refractivity contribution in [3.63, 3.8) is 0 Å². The van der Waals surface area contributed by atoms with Gasteiger partial charge in [-0.05, 0) is 55.7 Å². The summed E-state index contributed by atoms with van der Waals surface area (Å²) in [6.45, 7) is 5.58. The molecule has 0 aliphatic rings. The van der Waals surface area contributed by atoms with Crippen LogP contribution in [-0.4, -0.2) is 32.2 Å². The summed E-state index contributed by atoms with van der Waals surface area (Å²) >= 11 is 0. The first kappa shape index (κ1) is 21.1. The number of nitrogens with two attached hydrogens (primary N) is 1. The molecule has 0 bridgehead atoms. The minimum absolute atomic E-state index is 0.395. The highest BCUT2D eigenvalue weighted by molar-refractivity contribution is 5.97. The molecule has 3 rings (SSSR count). The summed E-state index contributed by atoms with van der Waals surface area (Å²) < 4.78 is 7.61. The van der Waals surface area contributed by atoms with Crippen LogP contribution in [0.15, 0.2) is 66.3 Å². The number of hydrogen-bond donors (Lipinski definition) is 1. The maximum absolute atomic E-state index is 5.97. The van der Waals surface area contributed by atoms with Gasteiger partial charge in [-0.1, -0.05) is 19.9 Å². The first-order valence-corrected chi connectivity index (χ1v) is 9.62. The van der Waals surface area contributed by atoms with Crippen LogP contribution in [0.25, 0.3) is 0 Å². The van der Waals surface area contributed by atoms with Crippen LogP contribution in [0.5, 0.6) is 5.75 Å². The minimum atomic E-state index is 0.395. The Morgan fingerprint density at radius 1 is 1.07 bits per heavy atom. The van der Waals surface area contributed by atoms with Gasteiger partial charge in [0.15, 0.2) is 0 Å². The molecule has 1 aromatic carbocycles. The third-order valence-corrected chi connectivity index (χ3v) is 3.78. The first-order chi connectivity index (χ1) is 13.8. The number of aliphatic imine (C=N–C) groups is 1. The predicted molar refractivity (Wildman–Crippen MR) is 112 cm³/mol. The molecule has 0 amide bonds. The molecule has 0 fully saturated rings. The molecule has 0 spiro atoms. The second-order valence-corrected chi connectivity index (χ2v) is 5.77. The number of unbranched alkanes of at least 4 members (excludes halogenated alkanes) is 2. The molecule has 0 saturated heterocycles. The molecule has 28 heavy (non-hydrogen) atoms. The average Bonchev–Trinajstić information content (AvgIpc) is 3.27. The number of pyridine rings is 1. The Morgan fingerprint density at radius 3 is 2.57 bits per heavy atom. The van der Waals surface area contributed by atoms with Crippen molar-refractivity contribution in [2.24, 2.45) is 10.7 Å². The SMILES string of the molecule is CC.NC(=Nc1ccc(OCCCCCn2cncn2)cc1)c1ccccn1. The highest BCUT2D eigenvalue weighted by Crippen LogP contribution is 2.19. The molecule has 0 unspecified atom stereocenters. The second-order valence-electron chi connectivity index (χ2n) is 5.77. The smallest absolute Gasteiger partial charge is 0.150 e. The largest absolute Gasteiger partial charge is 0.494 e. The fourth-order valence-electron chi connectivity index (χ4n) is 2.42. The van der Waals surface area contributed by atoms with Gasteiger partial charge in [0, 0.05) is 12.7 Å². The summed E-state index contributed by atoms with van der Waals surface area (Å²) in [7, 11) is 0. The Bertz CT molecular complexity index is 801. The summed E-state index contributed by atoms with van der Waals surface area (Å²) in [5.41, 5.74) is 7.41. The Kier molecular flexibility index (Phi) is 9.20. The average molecular weight is 380 g/mol. The zero-order valence-corrected chi connectivity index (χ0v) is 16.5.